The second-order valence-electron chi connectivity index (χ2n) is 5.74. The normalized spacial score (nSPS) is 25.5. The topological polar surface area (TPSA) is 4.93 Å². The molecule has 0 amide bonds. The van der Waals surface area contributed by atoms with Crippen molar-refractivity contribution in [1.29, 1.82) is 0 Å². The number of nitrogens with zero attached hydrogens (tertiary/aromatic N) is 1. The summed E-state index contributed by atoms with van der Waals surface area (Å²) >= 11 is 0. The lowest BCUT2D eigenvalue weighted by Crippen LogP contribution is -2.31. The van der Waals surface area contributed by atoms with E-state index in [0.29, 0.717) is 11.5 Å². The van der Waals surface area contributed by atoms with Crippen LogP contribution in [-0.2, 0) is 0 Å². The third kappa shape index (κ3) is 1.84. The minimum absolute atomic E-state index is 0.465. The standard InChI is InChI=1S/C14H23N/c1-11-8-9-12(2)15(11)13-7-5-6-10-14(13,3)4/h8-9,13H,5-7,10H2,1-4H3. The quantitative estimate of drug-likeness (QED) is 0.646. The van der Waals surface area contributed by atoms with Gasteiger partial charge in [-0.3, -0.25) is 0 Å². The molecule has 1 unspecified atom stereocenters. The van der Waals surface area contributed by atoms with Gasteiger partial charge in [0, 0.05) is 17.4 Å². The van der Waals surface area contributed by atoms with Crippen LogP contribution in [0.15, 0.2) is 12.1 Å². The van der Waals surface area contributed by atoms with Gasteiger partial charge in [-0.25, -0.2) is 0 Å². The van der Waals surface area contributed by atoms with Gasteiger partial charge >= 0.3 is 0 Å². The summed E-state index contributed by atoms with van der Waals surface area (Å²) in [5.41, 5.74) is 3.31. The Morgan fingerprint density at radius 1 is 1.13 bits per heavy atom. The number of rotatable bonds is 1. The van der Waals surface area contributed by atoms with Gasteiger partial charge in [-0.2, -0.15) is 0 Å². The summed E-state index contributed by atoms with van der Waals surface area (Å²) in [6.45, 7) is 9.32. The van der Waals surface area contributed by atoms with Crippen LogP contribution in [-0.4, -0.2) is 4.57 Å². The van der Waals surface area contributed by atoms with Crippen LogP contribution in [0.3, 0.4) is 0 Å². The van der Waals surface area contributed by atoms with Gasteiger partial charge in [0.1, 0.15) is 0 Å². The molecule has 1 fully saturated rings. The van der Waals surface area contributed by atoms with Gasteiger partial charge in [-0.15, -0.1) is 0 Å². The van der Waals surface area contributed by atoms with Gasteiger partial charge in [-0.05, 0) is 44.2 Å². The van der Waals surface area contributed by atoms with Crippen molar-refractivity contribution < 1.29 is 0 Å². The molecule has 1 nitrogen and oxygen atoms in total. The summed E-state index contributed by atoms with van der Waals surface area (Å²) in [5, 5.41) is 0. The van der Waals surface area contributed by atoms with E-state index in [-0.39, 0.29) is 0 Å². The van der Waals surface area contributed by atoms with E-state index in [0.717, 1.165) is 0 Å². The number of hydrogen-bond acceptors (Lipinski definition) is 0. The van der Waals surface area contributed by atoms with E-state index in [4.69, 9.17) is 0 Å². The zero-order chi connectivity index (χ0) is 11.1. The summed E-state index contributed by atoms with van der Waals surface area (Å²) in [6.07, 6.45) is 5.52. The van der Waals surface area contributed by atoms with E-state index in [9.17, 15) is 0 Å². The molecule has 1 aliphatic rings. The molecule has 1 saturated carbocycles. The smallest absolute Gasteiger partial charge is 0.0386 e. The van der Waals surface area contributed by atoms with E-state index in [1.54, 1.807) is 0 Å². The van der Waals surface area contributed by atoms with Crippen molar-refractivity contribution in [2.75, 3.05) is 0 Å². The maximum absolute atomic E-state index is 2.55. The molecule has 1 atom stereocenters. The number of aryl methyl sites for hydroxylation is 2. The van der Waals surface area contributed by atoms with E-state index in [1.807, 2.05) is 0 Å². The largest absolute Gasteiger partial charge is 0.346 e. The average Bonchev–Trinajstić information content (AvgIpc) is 2.47. The lowest BCUT2D eigenvalue weighted by molar-refractivity contribution is 0.141. The first-order valence-electron chi connectivity index (χ1n) is 6.17. The summed E-state index contributed by atoms with van der Waals surface area (Å²) in [6, 6.07) is 5.21. The van der Waals surface area contributed by atoms with Gasteiger partial charge in [0.25, 0.3) is 0 Å². The van der Waals surface area contributed by atoms with E-state index in [2.05, 4.69) is 44.4 Å². The van der Waals surface area contributed by atoms with Gasteiger partial charge in [0.05, 0.1) is 0 Å². The average molecular weight is 205 g/mol. The molecule has 15 heavy (non-hydrogen) atoms. The van der Waals surface area contributed by atoms with Gasteiger partial charge in [0.2, 0.25) is 0 Å². The Morgan fingerprint density at radius 3 is 2.27 bits per heavy atom. The third-order valence-electron chi connectivity index (χ3n) is 4.09. The number of hydrogen-bond donors (Lipinski definition) is 0. The fourth-order valence-electron chi connectivity index (χ4n) is 3.13. The molecule has 1 heteroatoms. The predicted octanol–water partition coefficient (Wildman–Crippen LogP) is 4.25. The second-order valence-corrected chi connectivity index (χ2v) is 5.74. The SMILES string of the molecule is Cc1ccc(C)n1C1CCCCC1(C)C. The van der Waals surface area contributed by atoms with Crippen LogP contribution < -0.4 is 0 Å². The summed E-state index contributed by atoms with van der Waals surface area (Å²) in [7, 11) is 0. The van der Waals surface area contributed by atoms with Crippen molar-refractivity contribution in [2.45, 2.75) is 59.4 Å². The van der Waals surface area contributed by atoms with E-state index < -0.39 is 0 Å². The zero-order valence-corrected chi connectivity index (χ0v) is 10.5. The Hall–Kier alpha value is -0.720. The Balaban J connectivity index is 2.37. The van der Waals surface area contributed by atoms with Crippen LogP contribution in [0.1, 0.15) is 57.0 Å². The second kappa shape index (κ2) is 3.70. The molecular weight excluding hydrogens is 182 g/mol. The lowest BCUT2D eigenvalue weighted by atomic mass is 9.73. The van der Waals surface area contributed by atoms with Gasteiger partial charge in [-0.1, -0.05) is 26.7 Å². The Labute approximate surface area is 93.5 Å². The molecule has 0 spiro atoms. The van der Waals surface area contributed by atoms with Crippen molar-refractivity contribution in [3.05, 3.63) is 23.5 Å². The highest BCUT2D eigenvalue weighted by Gasteiger charge is 2.34. The van der Waals surface area contributed by atoms with Gasteiger partial charge in [0.15, 0.2) is 0 Å². The molecule has 0 radical (unpaired) electrons. The highest BCUT2D eigenvalue weighted by atomic mass is 15.0. The Morgan fingerprint density at radius 2 is 1.73 bits per heavy atom. The molecule has 1 aromatic heterocycles. The molecule has 1 heterocycles. The minimum Gasteiger partial charge on any atom is -0.346 e. The van der Waals surface area contributed by atoms with Crippen LogP contribution >= 0.6 is 0 Å². The molecule has 2 rings (SSSR count). The van der Waals surface area contributed by atoms with Crippen molar-refractivity contribution in [3.8, 4) is 0 Å². The monoisotopic (exact) mass is 205 g/mol. The highest BCUT2D eigenvalue weighted by Crippen LogP contribution is 2.44. The van der Waals surface area contributed by atoms with Crippen molar-refractivity contribution in [2.24, 2.45) is 5.41 Å². The van der Waals surface area contributed by atoms with Crippen LogP contribution in [0.5, 0.6) is 0 Å². The maximum atomic E-state index is 2.55. The van der Waals surface area contributed by atoms with Gasteiger partial charge < -0.3 is 4.57 Å². The van der Waals surface area contributed by atoms with Crippen molar-refractivity contribution >= 4 is 0 Å². The lowest BCUT2D eigenvalue weighted by Gasteiger charge is -2.41. The fraction of sp³-hybridized carbons (Fsp3) is 0.714. The van der Waals surface area contributed by atoms with Crippen LogP contribution in [0.4, 0.5) is 0 Å². The molecule has 0 aromatic carbocycles. The summed E-state index contributed by atoms with van der Waals surface area (Å²) in [4.78, 5) is 0. The number of aromatic nitrogens is 1. The molecule has 0 bridgehead atoms. The van der Waals surface area contributed by atoms with Crippen LogP contribution in [0, 0.1) is 19.3 Å². The minimum atomic E-state index is 0.465. The van der Waals surface area contributed by atoms with Crippen molar-refractivity contribution in [3.63, 3.8) is 0 Å². The summed E-state index contributed by atoms with van der Waals surface area (Å²) < 4.78 is 2.55. The Bertz CT molecular complexity index is 327. The first-order valence-corrected chi connectivity index (χ1v) is 6.17. The zero-order valence-electron chi connectivity index (χ0n) is 10.5. The molecule has 0 aliphatic heterocycles. The molecule has 1 aliphatic carbocycles. The first kappa shape index (κ1) is 10.8. The van der Waals surface area contributed by atoms with Crippen molar-refractivity contribution in [1.82, 2.24) is 4.57 Å². The molecule has 84 valence electrons. The highest BCUT2D eigenvalue weighted by molar-refractivity contribution is 5.16. The third-order valence-corrected chi connectivity index (χ3v) is 4.09. The molecule has 1 aromatic rings. The van der Waals surface area contributed by atoms with E-state index >= 15 is 0 Å². The summed E-state index contributed by atoms with van der Waals surface area (Å²) in [5.74, 6) is 0. The Kier molecular flexibility index (Phi) is 2.66. The van der Waals surface area contributed by atoms with Crippen LogP contribution in [0.2, 0.25) is 0 Å². The first-order chi connectivity index (χ1) is 7.02. The fourth-order valence-corrected chi connectivity index (χ4v) is 3.13. The van der Waals surface area contributed by atoms with E-state index in [1.165, 1.54) is 37.1 Å². The predicted molar refractivity (Wildman–Crippen MR) is 65.2 cm³/mol. The maximum Gasteiger partial charge on any atom is 0.0386 e. The molecule has 0 saturated heterocycles. The molecule has 0 N–H and O–H groups in total. The molecular formula is C14H23N. The van der Waals surface area contributed by atoms with Crippen LogP contribution in [0.25, 0.3) is 0 Å².